The average Bonchev–Trinajstić information content (AvgIpc) is 2.60. The van der Waals surface area contributed by atoms with Crippen LogP contribution >= 0.6 is 0 Å². The second kappa shape index (κ2) is 11.1. The molecule has 0 radical (unpaired) electrons. The van der Waals surface area contributed by atoms with Crippen LogP contribution in [0.3, 0.4) is 0 Å². The molecule has 0 saturated carbocycles. The smallest absolute Gasteiger partial charge is 0.330 e. The normalized spacial score (nSPS) is 34.4. The van der Waals surface area contributed by atoms with E-state index in [1.54, 1.807) is 18.2 Å². The lowest BCUT2D eigenvalue weighted by Gasteiger charge is -2.25. The van der Waals surface area contributed by atoms with Gasteiger partial charge in [0, 0.05) is 12.5 Å². The molecule has 0 aromatic rings. The second-order valence-electron chi connectivity index (χ2n) is 6.92. The van der Waals surface area contributed by atoms with Crippen molar-refractivity contribution in [3.05, 3.63) is 48.6 Å². The molecule has 4 atom stereocenters. The van der Waals surface area contributed by atoms with E-state index in [1.165, 1.54) is 6.08 Å². The lowest BCUT2D eigenvalue weighted by Crippen LogP contribution is -2.24. The highest BCUT2D eigenvalue weighted by Gasteiger charge is 2.18. The fourth-order valence-corrected chi connectivity index (χ4v) is 3.15. The van der Waals surface area contributed by atoms with E-state index in [4.69, 9.17) is 9.47 Å². The third-order valence-electron chi connectivity index (χ3n) is 4.54. The van der Waals surface area contributed by atoms with Gasteiger partial charge >= 0.3 is 5.97 Å². The quantitative estimate of drug-likeness (QED) is 0.554. The summed E-state index contributed by atoms with van der Waals surface area (Å²) in [5.74, 6) is -0.483. The first kappa shape index (κ1) is 20.6. The standard InChI is InChI=1S/C21H30O5/c1-16-6-2-8-18-9-4-10-19(25-18)11-5-13-21(24)26-20(15-22)12-3-7-17(23)14-16/h3-5,7,10,13,17-20,22-23H,1-2,6,8-9,11-12,14-15H2/b7-3+,13-5-/t17-,18-,19+,20+/m1/s1. The van der Waals surface area contributed by atoms with E-state index in [0.29, 0.717) is 19.3 Å². The highest BCUT2D eigenvalue weighted by molar-refractivity contribution is 5.82. The number of ether oxygens (including phenoxy) is 2. The SMILES string of the molecule is C=C1CCC[C@@H]2CC=C[C@@H](C/C=C\C(=O)O[C@H](CO)C/C=C/[C@@H](O)C1)O2. The number of aliphatic hydroxyl groups excluding tert-OH is 2. The van der Waals surface area contributed by atoms with Crippen LogP contribution in [0.4, 0.5) is 0 Å². The Balaban J connectivity index is 2.01. The Morgan fingerprint density at radius 3 is 2.77 bits per heavy atom. The average molecular weight is 362 g/mol. The van der Waals surface area contributed by atoms with Gasteiger partial charge in [0.25, 0.3) is 0 Å². The van der Waals surface area contributed by atoms with Crippen LogP contribution in [0.2, 0.25) is 0 Å². The second-order valence-corrected chi connectivity index (χ2v) is 6.92. The van der Waals surface area contributed by atoms with Gasteiger partial charge < -0.3 is 19.7 Å². The Kier molecular flexibility index (Phi) is 8.81. The van der Waals surface area contributed by atoms with Crippen molar-refractivity contribution in [1.82, 2.24) is 0 Å². The minimum absolute atomic E-state index is 0.0294. The summed E-state index contributed by atoms with van der Waals surface area (Å²) in [6.07, 6.45) is 14.8. The summed E-state index contributed by atoms with van der Waals surface area (Å²) >= 11 is 0. The molecule has 2 bridgehead atoms. The van der Waals surface area contributed by atoms with Crippen molar-refractivity contribution in [1.29, 1.82) is 0 Å². The first-order valence-corrected chi connectivity index (χ1v) is 9.38. The van der Waals surface area contributed by atoms with E-state index in [1.807, 2.05) is 6.08 Å². The molecule has 0 aliphatic carbocycles. The first-order valence-electron chi connectivity index (χ1n) is 9.38. The molecule has 26 heavy (non-hydrogen) atoms. The first-order chi connectivity index (χ1) is 12.6. The number of rotatable bonds is 1. The molecular formula is C21H30O5. The number of esters is 1. The molecule has 0 saturated heterocycles. The number of cyclic esters (lactones) is 1. The number of carbonyl (C=O) groups excluding carboxylic acids is 1. The molecule has 2 heterocycles. The van der Waals surface area contributed by atoms with Crippen LogP contribution in [0.25, 0.3) is 0 Å². The summed E-state index contributed by atoms with van der Waals surface area (Å²) in [7, 11) is 0. The summed E-state index contributed by atoms with van der Waals surface area (Å²) in [6.45, 7) is 3.79. The molecule has 2 aliphatic rings. The molecule has 0 amide bonds. The third-order valence-corrected chi connectivity index (χ3v) is 4.54. The monoisotopic (exact) mass is 362 g/mol. The largest absolute Gasteiger partial charge is 0.456 e. The van der Waals surface area contributed by atoms with Crippen molar-refractivity contribution in [3.63, 3.8) is 0 Å². The zero-order valence-electron chi connectivity index (χ0n) is 15.3. The summed E-state index contributed by atoms with van der Waals surface area (Å²) in [5, 5.41) is 19.4. The Labute approximate surface area is 155 Å². The highest BCUT2D eigenvalue weighted by Crippen LogP contribution is 2.22. The summed E-state index contributed by atoms with van der Waals surface area (Å²) in [4.78, 5) is 11.9. The van der Waals surface area contributed by atoms with Gasteiger partial charge in [-0.25, -0.2) is 4.79 Å². The number of hydrogen-bond acceptors (Lipinski definition) is 5. The molecule has 5 heteroatoms. The van der Waals surface area contributed by atoms with Crippen molar-refractivity contribution in [3.8, 4) is 0 Å². The van der Waals surface area contributed by atoms with Gasteiger partial charge in [-0.2, -0.15) is 0 Å². The Hall–Kier alpha value is -1.69. The van der Waals surface area contributed by atoms with Gasteiger partial charge in [-0.15, -0.1) is 0 Å². The van der Waals surface area contributed by atoms with Crippen LogP contribution < -0.4 is 0 Å². The molecule has 2 N–H and O–H groups in total. The fraction of sp³-hybridized carbons (Fsp3) is 0.571. The topological polar surface area (TPSA) is 76.0 Å². The Morgan fingerprint density at radius 2 is 1.96 bits per heavy atom. The fourth-order valence-electron chi connectivity index (χ4n) is 3.15. The number of hydrogen-bond donors (Lipinski definition) is 2. The molecule has 0 spiro atoms. The summed E-state index contributed by atoms with van der Waals surface area (Å²) in [5.41, 5.74) is 1.01. The molecular weight excluding hydrogens is 332 g/mol. The van der Waals surface area contributed by atoms with Crippen LogP contribution in [0.1, 0.15) is 44.9 Å². The van der Waals surface area contributed by atoms with E-state index in [0.717, 1.165) is 31.3 Å². The maximum absolute atomic E-state index is 11.9. The van der Waals surface area contributed by atoms with Crippen LogP contribution in [-0.4, -0.2) is 47.2 Å². The molecule has 0 aromatic carbocycles. The number of carbonyl (C=O) groups is 1. The van der Waals surface area contributed by atoms with Crippen molar-refractivity contribution in [2.75, 3.05) is 6.61 Å². The van der Waals surface area contributed by atoms with E-state index < -0.39 is 18.2 Å². The number of fused-ring (bicyclic) bond motifs is 2. The van der Waals surface area contributed by atoms with Crippen LogP contribution in [0.5, 0.6) is 0 Å². The van der Waals surface area contributed by atoms with E-state index in [9.17, 15) is 15.0 Å². The van der Waals surface area contributed by atoms with Gasteiger partial charge in [0.2, 0.25) is 0 Å². The van der Waals surface area contributed by atoms with E-state index >= 15 is 0 Å². The zero-order valence-corrected chi connectivity index (χ0v) is 15.3. The van der Waals surface area contributed by atoms with Crippen LogP contribution in [-0.2, 0) is 14.3 Å². The van der Waals surface area contributed by atoms with Crippen molar-refractivity contribution >= 4 is 5.97 Å². The van der Waals surface area contributed by atoms with Crippen LogP contribution in [0.15, 0.2) is 48.6 Å². The highest BCUT2D eigenvalue weighted by atomic mass is 16.5. The van der Waals surface area contributed by atoms with E-state index in [-0.39, 0.29) is 18.8 Å². The van der Waals surface area contributed by atoms with Gasteiger partial charge in [0.1, 0.15) is 6.10 Å². The molecule has 2 aliphatic heterocycles. The molecule has 2 rings (SSSR count). The van der Waals surface area contributed by atoms with Gasteiger partial charge in [0.15, 0.2) is 0 Å². The molecule has 0 aromatic heterocycles. The molecule has 144 valence electrons. The number of aliphatic hydroxyl groups is 2. The maximum atomic E-state index is 11.9. The van der Waals surface area contributed by atoms with Gasteiger partial charge in [-0.1, -0.05) is 42.5 Å². The van der Waals surface area contributed by atoms with Gasteiger partial charge in [-0.05, 0) is 38.5 Å². The lowest BCUT2D eigenvalue weighted by molar-refractivity contribution is -0.144. The molecule has 0 unspecified atom stereocenters. The maximum Gasteiger partial charge on any atom is 0.330 e. The summed E-state index contributed by atoms with van der Waals surface area (Å²) in [6, 6.07) is 0. The molecule has 0 fully saturated rings. The zero-order chi connectivity index (χ0) is 18.8. The van der Waals surface area contributed by atoms with Crippen molar-refractivity contribution in [2.45, 2.75) is 69.4 Å². The summed E-state index contributed by atoms with van der Waals surface area (Å²) < 4.78 is 11.3. The van der Waals surface area contributed by atoms with Gasteiger partial charge in [-0.3, -0.25) is 0 Å². The molecule has 5 nitrogen and oxygen atoms in total. The Bertz CT molecular complexity index is 549. The predicted octanol–water partition coefficient (Wildman–Crippen LogP) is 2.99. The Morgan fingerprint density at radius 1 is 1.15 bits per heavy atom. The lowest BCUT2D eigenvalue weighted by atomic mass is 9.99. The van der Waals surface area contributed by atoms with Gasteiger partial charge in [0.05, 0.1) is 24.9 Å². The van der Waals surface area contributed by atoms with Crippen molar-refractivity contribution in [2.24, 2.45) is 0 Å². The minimum atomic E-state index is -0.618. The van der Waals surface area contributed by atoms with E-state index in [2.05, 4.69) is 12.7 Å². The van der Waals surface area contributed by atoms with Crippen LogP contribution in [0, 0.1) is 0 Å². The minimum Gasteiger partial charge on any atom is -0.456 e. The van der Waals surface area contributed by atoms with Crippen molar-refractivity contribution < 1.29 is 24.5 Å². The predicted molar refractivity (Wildman–Crippen MR) is 101 cm³/mol. The third kappa shape index (κ3) is 7.68.